The van der Waals surface area contributed by atoms with Gasteiger partial charge >= 0.3 is 6.01 Å². The van der Waals surface area contributed by atoms with Crippen LogP contribution < -0.4 is 16.4 Å². The number of carbonyl (C=O) groups is 1. The van der Waals surface area contributed by atoms with E-state index in [1.807, 2.05) is 32.0 Å². The van der Waals surface area contributed by atoms with Crippen LogP contribution in [-0.4, -0.2) is 41.1 Å². The molecule has 0 aliphatic rings. The summed E-state index contributed by atoms with van der Waals surface area (Å²) >= 11 is 0. The fraction of sp³-hybridized carbons (Fsp3) is 0.444. The number of aromatic nitrogens is 2. The number of anilines is 1. The molecule has 146 valence electrons. The Kier molecular flexibility index (Phi) is 7.75. The fourth-order valence-corrected chi connectivity index (χ4v) is 2.12. The summed E-state index contributed by atoms with van der Waals surface area (Å²) in [6, 6.07) is 5.71. The van der Waals surface area contributed by atoms with E-state index < -0.39 is 0 Å². The van der Waals surface area contributed by atoms with Crippen LogP contribution in [0.25, 0.3) is 11.4 Å². The van der Waals surface area contributed by atoms with E-state index in [1.54, 1.807) is 0 Å². The summed E-state index contributed by atoms with van der Waals surface area (Å²) in [5.41, 5.74) is 7.75. The molecule has 1 amide bonds. The van der Waals surface area contributed by atoms with Gasteiger partial charge in [-0.2, -0.15) is 4.98 Å². The average Bonchev–Trinajstić information content (AvgIpc) is 3.08. The monoisotopic (exact) mass is 374 g/mol. The number of hydrogen-bond acceptors (Lipinski definition) is 6. The maximum Gasteiger partial charge on any atom is 0.302 e. The largest absolute Gasteiger partial charge is 0.431 e. The van der Waals surface area contributed by atoms with Crippen LogP contribution in [0, 0.1) is 0 Å². The van der Waals surface area contributed by atoms with E-state index in [0.29, 0.717) is 31.1 Å². The Morgan fingerprint density at radius 1 is 1.33 bits per heavy atom. The summed E-state index contributed by atoms with van der Waals surface area (Å²) in [5.74, 6) is 0.112. The number of ether oxygens (including phenoxy) is 1. The molecule has 0 aromatic carbocycles. The lowest BCUT2D eigenvalue weighted by molar-refractivity contribution is -0.119. The van der Waals surface area contributed by atoms with E-state index in [4.69, 9.17) is 14.9 Å². The first kappa shape index (κ1) is 20.4. The lowest BCUT2D eigenvalue weighted by Crippen LogP contribution is -2.23. The van der Waals surface area contributed by atoms with Crippen LogP contribution in [0.15, 0.2) is 33.9 Å². The van der Waals surface area contributed by atoms with Crippen molar-refractivity contribution in [3.05, 3.63) is 30.2 Å². The van der Waals surface area contributed by atoms with Crippen LogP contribution in [0.1, 0.15) is 32.9 Å². The fourth-order valence-electron chi connectivity index (χ4n) is 2.12. The van der Waals surface area contributed by atoms with Gasteiger partial charge in [0.25, 0.3) is 0 Å². The molecule has 27 heavy (non-hydrogen) atoms. The van der Waals surface area contributed by atoms with Crippen molar-refractivity contribution in [2.45, 2.75) is 39.8 Å². The molecule has 0 saturated carbocycles. The maximum atomic E-state index is 11.0. The molecule has 2 rings (SSSR count). The second-order valence-electron chi connectivity index (χ2n) is 6.13. The van der Waals surface area contributed by atoms with Gasteiger partial charge in [-0.1, -0.05) is 6.07 Å². The number of pyridine rings is 1. The Morgan fingerprint density at radius 3 is 2.89 bits per heavy atom. The molecule has 0 bridgehead atoms. The van der Waals surface area contributed by atoms with Crippen LogP contribution >= 0.6 is 0 Å². The van der Waals surface area contributed by atoms with Crippen LogP contribution in [0.3, 0.4) is 0 Å². The molecule has 0 aliphatic heterocycles. The zero-order chi connectivity index (χ0) is 19.6. The first-order valence-corrected chi connectivity index (χ1v) is 8.79. The lowest BCUT2D eigenvalue weighted by atomic mass is 10.2. The highest BCUT2D eigenvalue weighted by Gasteiger charge is 2.09. The molecule has 0 spiro atoms. The summed E-state index contributed by atoms with van der Waals surface area (Å²) in [5, 5.41) is 5.52. The number of amides is 1. The minimum absolute atomic E-state index is 0.111. The van der Waals surface area contributed by atoms with Crippen LogP contribution in [0.4, 0.5) is 6.01 Å². The van der Waals surface area contributed by atoms with Crippen LogP contribution in [-0.2, 0) is 16.1 Å². The van der Waals surface area contributed by atoms with Crippen molar-refractivity contribution in [2.75, 3.05) is 18.5 Å². The normalized spacial score (nSPS) is 11.6. The summed E-state index contributed by atoms with van der Waals surface area (Å²) in [6.45, 7) is 6.98. The molecule has 2 heterocycles. The number of guanidine groups is 1. The summed E-state index contributed by atoms with van der Waals surface area (Å²) in [7, 11) is 0. The van der Waals surface area contributed by atoms with Gasteiger partial charge in [0, 0.05) is 20.1 Å². The third-order valence-electron chi connectivity index (χ3n) is 3.36. The SMILES string of the molecule is CC(=O)NCc1cccc(-c2coc(NC(N)=NCCCOC(C)C)n2)n1. The molecule has 0 fully saturated rings. The number of nitrogens with two attached hydrogens (primary N) is 1. The van der Waals surface area contributed by atoms with Crippen molar-refractivity contribution in [3.63, 3.8) is 0 Å². The number of hydrogen-bond donors (Lipinski definition) is 3. The second kappa shape index (κ2) is 10.3. The highest BCUT2D eigenvalue weighted by Crippen LogP contribution is 2.19. The summed E-state index contributed by atoms with van der Waals surface area (Å²) in [6.07, 6.45) is 2.47. The number of rotatable bonds is 9. The number of nitrogens with one attached hydrogen (secondary N) is 2. The van der Waals surface area contributed by atoms with Gasteiger partial charge in [0.1, 0.15) is 12.0 Å². The molecule has 2 aromatic heterocycles. The summed E-state index contributed by atoms with van der Waals surface area (Å²) in [4.78, 5) is 24.0. The molecule has 9 nitrogen and oxygen atoms in total. The molecule has 0 aliphatic carbocycles. The zero-order valence-corrected chi connectivity index (χ0v) is 15.9. The molecule has 0 unspecified atom stereocenters. The number of carbonyl (C=O) groups excluding carboxylic acids is 1. The van der Waals surface area contributed by atoms with Crippen molar-refractivity contribution >= 4 is 17.9 Å². The Balaban J connectivity index is 1.90. The second-order valence-corrected chi connectivity index (χ2v) is 6.13. The molecular weight excluding hydrogens is 348 g/mol. The number of oxazole rings is 1. The highest BCUT2D eigenvalue weighted by molar-refractivity contribution is 5.90. The van der Waals surface area contributed by atoms with Gasteiger partial charge in [-0.15, -0.1) is 0 Å². The maximum absolute atomic E-state index is 11.0. The van der Waals surface area contributed by atoms with Crippen molar-refractivity contribution in [3.8, 4) is 11.4 Å². The third-order valence-corrected chi connectivity index (χ3v) is 3.36. The van der Waals surface area contributed by atoms with Gasteiger partial charge < -0.3 is 20.2 Å². The Morgan fingerprint density at radius 2 is 2.15 bits per heavy atom. The third kappa shape index (κ3) is 7.45. The van der Waals surface area contributed by atoms with E-state index in [-0.39, 0.29) is 24.0 Å². The predicted molar refractivity (Wildman–Crippen MR) is 103 cm³/mol. The lowest BCUT2D eigenvalue weighted by Gasteiger charge is -2.05. The van der Waals surface area contributed by atoms with E-state index >= 15 is 0 Å². The van der Waals surface area contributed by atoms with Crippen molar-refractivity contribution in [1.82, 2.24) is 15.3 Å². The number of nitrogens with zero attached hydrogens (tertiary/aromatic N) is 3. The van der Waals surface area contributed by atoms with Gasteiger partial charge in [0.2, 0.25) is 5.91 Å². The van der Waals surface area contributed by atoms with E-state index in [9.17, 15) is 4.79 Å². The van der Waals surface area contributed by atoms with Crippen LogP contribution in [0.5, 0.6) is 0 Å². The van der Waals surface area contributed by atoms with E-state index in [2.05, 4.69) is 25.6 Å². The standard InChI is InChI=1S/C18H26N6O3/c1-12(2)26-9-5-8-20-17(19)24-18-23-16(11-27-18)15-7-4-6-14(22-15)10-21-13(3)25/h4,6-7,11-12H,5,8-10H2,1-3H3,(H,21,25)(H3,19,20,23,24). The quantitative estimate of drug-likeness (QED) is 0.347. The minimum atomic E-state index is -0.111. The molecule has 4 N–H and O–H groups in total. The van der Waals surface area contributed by atoms with Gasteiger partial charge in [0.05, 0.1) is 24.0 Å². The first-order valence-electron chi connectivity index (χ1n) is 8.79. The van der Waals surface area contributed by atoms with Gasteiger partial charge in [-0.05, 0) is 32.4 Å². The molecule has 0 atom stereocenters. The van der Waals surface area contributed by atoms with Gasteiger partial charge in [-0.25, -0.2) is 4.98 Å². The molecular formula is C18H26N6O3. The molecule has 9 heteroatoms. The Bertz CT molecular complexity index is 772. The van der Waals surface area contributed by atoms with Crippen molar-refractivity contribution in [1.29, 1.82) is 0 Å². The smallest absolute Gasteiger partial charge is 0.302 e. The first-order chi connectivity index (χ1) is 12.9. The number of aliphatic imine (C=N–C) groups is 1. The van der Waals surface area contributed by atoms with E-state index in [1.165, 1.54) is 13.2 Å². The predicted octanol–water partition coefficient (Wildman–Crippen LogP) is 1.91. The van der Waals surface area contributed by atoms with Crippen LogP contribution in [0.2, 0.25) is 0 Å². The minimum Gasteiger partial charge on any atom is -0.431 e. The molecule has 2 aromatic rings. The van der Waals surface area contributed by atoms with E-state index in [0.717, 1.165) is 12.1 Å². The van der Waals surface area contributed by atoms with Crippen molar-refractivity contribution < 1.29 is 13.9 Å². The van der Waals surface area contributed by atoms with Gasteiger partial charge in [-0.3, -0.25) is 15.1 Å². The molecule has 0 saturated heterocycles. The summed E-state index contributed by atoms with van der Waals surface area (Å²) < 4.78 is 10.8. The Labute approximate surface area is 158 Å². The van der Waals surface area contributed by atoms with Gasteiger partial charge in [0.15, 0.2) is 5.96 Å². The topological polar surface area (TPSA) is 128 Å². The van der Waals surface area contributed by atoms with Crippen molar-refractivity contribution in [2.24, 2.45) is 10.7 Å². The Hall–Kier alpha value is -2.94. The zero-order valence-electron chi connectivity index (χ0n) is 15.9. The molecule has 0 radical (unpaired) electrons. The highest BCUT2D eigenvalue weighted by atomic mass is 16.5. The average molecular weight is 374 g/mol.